The smallest absolute Gasteiger partial charge is 0.217 e. The third-order valence-electron chi connectivity index (χ3n) is 7.65. The molecule has 0 saturated carbocycles. The van der Waals surface area contributed by atoms with E-state index in [0.717, 1.165) is 77.3 Å². The van der Waals surface area contributed by atoms with Crippen LogP contribution in [-0.2, 0) is 11.3 Å². The van der Waals surface area contributed by atoms with E-state index in [1.165, 1.54) is 0 Å². The maximum absolute atomic E-state index is 11.4. The maximum atomic E-state index is 11.4. The Balaban J connectivity index is 1.42. The van der Waals surface area contributed by atoms with Crippen LogP contribution in [-0.4, -0.2) is 54.1 Å². The Hall–Kier alpha value is -3.65. The van der Waals surface area contributed by atoms with Crippen molar-refractivity contribution in [3.63, 3.8) is 0 Å². The zero-order valence-electron chi connectivity index (χ0n) is 24.2. The van der Waals surface area contributed by atoms with Crippen LogP contribution in [0.3, 0.4) is 0 Å². The molecule has 7 nitrogen and oxygen atoms in total. The van der Waals surface area contributed by atoms with Gasteiger partial charge in [-0.05, 0) is 38.0 Å². The van der Waals surface area contributed by atoms with Gasteiger partial charge in [0.15, 0.2) is 0 Å². The van der Waals surface area contributed by atoms with E-state index < -0.39 is 0 Å². The number of pyridine rings is 2. The molecule has 5 rings (SSSR count). The van der Waals surface area contributed by atoms with Gasteiger partial charge in [-0.25, -0.2) is 4.98 Å². The SMILES string of the molecule is COc1cc(-c2nccc(-c3cccc(-c4ccc(C)c(OC)n4)c3Cl)c2Cl)ccc1CN1CCC(NC(C)=O)CC1. The topological polar surface area (TPSA) is 76.6 Å². The largest absolute Gasteiger partial charge is 0.496 e. The fourth-order valence-electron chi connectivity index (χ4n) is 5.44. The summed E-state index contributed by atoms with van der Waals surface area (Å²) < 4.78 is 11.2. The van der Waals surface area contributed by atoms with E-state index in [0.29, 0.717) is 21.6 Å². The van der Waals surface area contributed by atoms with Crippen molar-refractivity contribution in [2.45, 2.75) is 39.3 Å². The molecule has 2 aromatic carbocycles. The van der Waals surface area contributed by atoms with E-state index in [1.807, 2.05) is 55.5 Å². The second kappa shape index (κ2) is 13.1. The molecule has 3 heterocycles. The lowest BCUT2D eigenvalue weighted by molar-refractivity contribution is -0.119. The zero-order chi connectivity index (χ0) is 29.8. The first-order chi connectivity index (χ1) is 20.3. The normalized spacial score (nSPS) is 14.0. The highest BCUT2D eigenvalue weighted by Crippen LogP contribution is 2.42. The van der Waals surface area contributed by atoms with Gasteiger partial charge in [0.25, 0.3) is 0 Å². The molecule has 0 spiro atoms. The van der Waals surface area contributed by atoms with Crippen LogP contribution in [0.25, 0.3) is 33.6 Å². The highest BCUT2D eigenvalue weighted by molar-refractivity contribution is 6.39. The zero-order valence-corrected chi connectivity index (χ0v) is 25.7. The number of piperidine rings is 1. The maximum Gasteiger partial charge on any atom is 0.217 e. The fourth-order valence-corrected chi connectivity index (χ4v) is 6.09. The predicted molar refractivity (Wildman–Crippen MR) is 168 cm³/mol. The van der Waals surface area contributed by atoms with Gasteiger partial charge in [0.2, 0.25) is 11.8 Å². The van der Waals surface area contributed by atoms with Crippen molar-refractivity contribution in [1.82, 2.24) is 20.2 Å². The van der Waals surface area contributed by atoms with Gasteiger partial charge in [-0.15, -0.1) is 0 Å². The number of hydrogen-bond donors (Lipinski definition) is 1. The lowest BCUT2D eigenvalue weighted by atomic mass is 9.99. The summed E-state index contributed by atoms with van der Waals surface area (Å²) >= 11 is 14.0. The van der Waals surface area contributed by atoms with Crippen LogP contribution in [0.5, 0.6) is 11.6 Å². The average molecular weight is 606 g/mol. The molecule has 4 aromatic rings. The molecule has 2 aromatic heterocycles. The lowest BCUT2D eigenvalue weighted by Crippen LogP contribution is -2.43. The molecular formula is C33H34Cl2N4O3. The second-order valence-electron chi connectivity index (χ2n) is 10.5. The number of rotatable bonds is 8. The molecule has 1 amide bonds. The van der Waals surface area contributed by atoms with E-state index in [-0.39, 0.29) is 11.9 Å². The molecule has 1 aliphatic rings. The molecule has 0 atom stereocenters. The van der Waals surface area contributed by atoms with Crippen LogP contribution in [0, 0.1) is 6.92 Å². The number of halogens is 2. The van der Waals surface area contributed by atoms with Gasteiger partial charge < -0.3 is 14.8 Å². The Morgan fingerprint density at radius 2 is 1.71 bits per heavy atom. The van der Waals surface area contributed by atoms with Crippen LogP contribution < -0.4 is 14.8 Å². The van der Waals surface area contributed by atoms with Crippen LogP contribution in [0.15, 0.2) is 60.8 Å². The van der Waals surface area contributed by atoms with Crippen molar-refractivity contribution in [3.05, 3.63) is 82.0 Å². The van der Waals surface area contributed by atoms with E-state index in [1.54, 1.807) is 27.3 Å². The Bertz CT molecular complexity index is 1600. The van der Waals surface area contributed by atoms with E-state index in [9.17, 15) is 4.79 Å². The number of nitrogens with zero attached hydrogens (tertiary/aromatic N) is 3. The molecule has 1 saturated heterocycles. The monoisotopic (exact) mass is 604 g/mol. The molecule has 0 unspecified atom stereocenters. The van der Waals surface area contributed by atoms with E-state index >= 15 is 0 Å². The van der Waals surface area contributed by atoms with Gasteiger partial charge in [0.1, 0.15) is 5.75 Å². The third kappa shape index (κ3) is 6.38. The molecule has 0 bridgehead atoms. The Morgan fingerprint density at radius 1 is 0.976 bits per heavy atom. The molecule has 1 aliphatic heterocycles. The number of methoxy groups -OCH3 is 2. The summed E-state index contributed by atoms with van der Waals surface area (Å²) in [5.41, 5.74) is 6.60. The quantitative estimate of drug-likeness (QED) is 0.229. The Kier molecular flexibility index (Phi) is 9.31. The standard InChI is InChI=1S/C33H34Cl2N4O3/c1-20-8-11-28(38-33(20)42-4)27-7-5-6-25(30(27)34)26-12-15-36-32(31(26)35)22-9-10-23(29(18-22)41-3)19-39-16-13-24(14-17-39)37-21(2)40/h5-12,15,18,24H,13-14,16-17,19H2,1-4H3,(H,37,40). The molecule has 0 radical (unpaired) electrons. The molecule has 0 aliphatic carbocycles. The summed E-state index contributed by atoms with van der Waals surface area (Å²) in [5, 5.41) is 4.08. The Morgan fingerprint density at radius 3 is 2.43 bits per heavy atom. The molecule has 1 N–H and O–H groups in total. The summed E-state index contributed by atoms with van der Waals surface area (Å²) in [6.07, 6.45) is 3.61. The van der Waals surface area contributed by atoms with Crippen LogP contribution >= 0.6 is 23.2 Å². The summed E-state index contributed by atoms with van der Waals surface area (Å²) in [6, 6.07) is 17.9. The van der Waals surface area contributed by atoms with Crippen LogP contribution in [0.2, 0.25) is 10.0 Å². The van der Waals surface area contributed by atoms with Gasteiger partial charge in [-0.2, -0.15) is 0 Å². The number of aryl methyl sites for hydroxylation is 1. The third-order valence-corrected chi connectivity index (χ3v) is 8.44. The number of hydrogen-bond acceptors (Lipinski definition) is 6. The van der Waals surface area contributed by atoms with E-state index in [2.05, 4.69) is 26.3 Å². The first-order valence-corrected chi connectivity index (χ1v) is 14.7. The number of carbonyl (C=O) groups excluding carboxylic acids is 1. The number of nitrogens with one attached hydrogen (secondary N) is 1. The molecule has 218 valence electrons. The lowest BCUT2D eigenvalue weighted by Gasteiger charge is -2.32. The molecule has 9 heteroatoms. The molecule has 42 heavy (non-hydrogen) atoms. The number of ether oxygens (including phenoxy) is 2. The molecule has 1 fully saturated rings. The summed E-state index contributed by atoms with van der Waals surface area (Å²) in [6.45, 7) is 6.11. The van der Waals surface area contributed by atoms with Crippen molar-refractivity contribution in [1.29, 1.82) is 0 Å². The minimum absolute atomic E-state index is 0.0287. The van der Waals surface area contributed by atoms with Crippen molar-refractivity contribution in [2.24, 2.45) is 0 Å². The van der Waals surface area contributed by atoms with Gasteiger partial charge in [-0.3, -0.25) is 14.7 Å². The number of aromatic nitrogens is 2. The molecular weight excluding hydrogens is 571 g/mol. The Labute approximate surface area is 256 Å². The van der Waals surface area contributed by atoms with Crippen LogP contribution in [0.4, 0.5) is 0 Å². The van der Waals surface area contributed by atoms with Crippen molar-refractivity contribution in [3.8, 4) is 45.3 Å². The fraction of sp³-hybridized carbons (Fsp3) is 0.303. The summed E-state index contributed by atoms with van der Waals surface area (Å²) in [4.78, 5) is 23.0. The first-order valence-electron chi connectivity index (χ1n) is 13.9. The van der Waals surface area contributed by atoms with Crippen molar-refractivity contribution < 1.29 is 14.3 Å². The highest BCUT2D eigenvalue weighted by atomic mass is 35.5. The summed E-state index contributed by atoms with van der Waals surface area (Å²) in [5.74, 6) is 1.37. The van der Waals surface area contributed by atoms with Gasteiger partial charge in [0, 0.05) is 72.2 Å². The van der Waals surface area contributed by atoms with Gasteiger partial charge in [-0.1, -0.05) is 59.6 Å². The number of likely N-dealkylation sites (tertiary alicyclic amines) is 1. The number of amides is 1. The van der Waals surface area contributed by atoms with Gasteiger partial charge in [0.05, 0.1) is 35.7 Å². The number of carbonyl (C=O) groups is 1. The average Bonchev–Trinajstić information content (AvgIpc) is 2.99. The minimum atomic E-state index is 0.0287. The highest BCUT2D eigenvalue weighted by Gasteiger charge is 2.22. The van der Waals surface area contributed by atoms with Crippen molar-refractivity contribution in [2.75, 3.05) is 27.3 Å². The second-order valence-corrected chi connectivity index (χ2v) is 11.2. The van der Waals surface area contributed by atoms with Crippen LogP contribution in [0.1, 0.15) is 30.9 Å². The van der Waals surface area contributed by atoms with Crippen molar-refractivity contribution >= 4 is 29.1 Å². The first kappa shape index (κ1) is 29.8. The van der Waals surface area contributed by atoms with E-state index in [4.69, 9.17) is 32.7 Å². The van der Waals surface area contributed by atoms with Gasteiger partial charge >= 0.3 is 0 Å². The predicted octanol–water partition coefficient (Wildman–Crippen LogP) is 7.21. The summed E-state index contributed by atoms with van der Waals surface area (Å²) in [7, 11) is 3.28. The number of benzene rings is 2. The minimum Gasteiger partial charge on any atom is -0.496 e.